The fourth-order valence-electron chi connectivity index (χ4n) is 16.2. The molecule has 0 amide bonds. The molecule has 6 aliphatic rings. The Labute approximate surface area is 564 Å². The predicted molar refractivity (Wildman–Crippen MR) is 401 cm³/mol. The second-order valence-corrected chi connectivity index (χ2v) is 33.3. The van der Waals surface area contributed by atoms with Gasteiger partial charge in [0, 0.05) is 38.9 Å². The van der Waals surface area contributed by atoms with Gasteiger partial charge in [-0.25, -0.2) is 0 Å². The van der Waals surface area contributed by atoms with Crippen molar-refractivity contribution in [1.29, 1.82) is 0 Å². The van der Waals surface area contributed by atoms with E-state index in [0.29, 0.717) is 0 Å². The van der Waals surface area contributed by atoms with Gasteiger partial charge in [-0.15, -0.1) is 0 Å². The van der Waals surface area contributed by atoms with Crippen LogP contribution >= 0.6 is 15.9 Å². The number of hydrogen-bond donors (Lipinski definition) is 0. The molecule has 0 aromatic heterocycles. The van der Waals surface area contributed by atoms with Crippen molar-refractivity contribution in [2.45, 2.75) is 6.42 Å². The summed E-state index contributed by atoms with van der Waals surface area (Å²) in [4.78, 5) is 2.42. The summed E-state index contributed by atoms with van der Waals surface area (Å²) in [6.07, 6.45) is 1.03. The average Bonchev–Trinajstić information content (AvgIpc) is 0.791. The summed E-state index contributed by atoms with van der Waals surface area (Å²) < 4.78 is 26.6. The van der Waals surface area contributed by atoms with Gasteiger partial charge >= 0.3 is 0 Å². The van der Waals surface area contributed by atoms with Gasteiger partial charge in [0.05, 0.1) is 5.69 Å². The lowest BCUT2D eigenvalue weighted by atomic mass is 9.35. The average molecular weight is 1320 g/mol. The van der Waals surface area contributed by atoms with E-state index in [-0.39, 0.29) is 13.4 Å². The highest BCUT2D eigenvalue weighted by molar-refractivity contribution is 9.10. The molecular formula is C85H58B2BrNO4Si2. The van der Waals surface area contributed by atoms with Crippen LogP contribution in [0.25, 0.3) is 0 Å². The van der Waals surface area contributed by atoms with Crippen LogP contribution < -0.4 is 98.1 Å². The second-order valence-electron chi connectivity index (χ2n) is 24.9. The van der Waals surface area contributed by atoms with Crippen LogP contribution in [0.3, 0.4) is 0 Å². The maximum Gasteiger partial charge on any atom is 0.260 e. The van der Waals surface area contributed by atoms with E-state index in [4.69, 9.17) is 18.9 Å². The molecule has 14 aromatic carbocycles. The molecule has 0 saturated heterocycles. The van der Waals surface area contributed by atoms with Crippen LogP contribution in [0.5, 0.6) is 46.0 Å². The number of para-hydroxylation sites is 6. The molecule has 0 atom stereocenters. The van der Waals surface area contributed by atoms with Crippen molar-refractivity contribution in [3.05, 3.63) is 355 Å². The van der Waals surface area contributed by atoms with E-state index < -0.39 is 16.1 Å². The van der Waals surface area contributed by atoms with Gasteiger partial charge in [0.1, 0.15) is 46.0 Å². The number of ether oxygens (including phenoxy) is 4. The van der Waals surface area contributed by atoms with Gasteiger partial charge in [-0.05, 0) is 129 Å². The number of fused-ring (bicyclic) bond motifs is 12. The van der Waals surface area contributed by atoms with E-state index >= 15 is 0 Å². The Hall–Kier alpha value is -10.9. The van der Waals surface area contributed by atoms with Gasteiger partial charge < -0.3 is 23.8 Å². The molecule has 448 valence electrons. The molecule has 95 heavy (non-hydrogen) atoms. The Kier molecular flexibility index (Phi) is 13.9. The highest BCUT2D eigenvalue weighted by atomic mass is 79.9. The van der Waals surface area contributed by atoms with Crippen LogP contribution in [0, 0.1) is 0 Å². The van der Waals surface area contributed by atoms with Crippen LogP contribution in [0.1, 0.15) is 11.1 Å². The summed E-state index contributed by atoms with van der Waals surface area (Å²) in [7, 11) is -4.98. The van der Waals surface area contributed by atoms with Gasteiger partial charge in [0.15, 0.2) is 16.1 Å². The molecule has 0 aliphatic carbocycles. The molecule has 0 fully saturated rings. The summed E-state index contributed by atoms with van der Waals surface area (Å²) in [6, 6.07) is 122. The zero-order chi connectivity index (χ0) is 63.0. The molecule has 0 spiro atoms. The third kappa shape index (κ3) is 9.10. The number of hydrogen-bond acceptors (Lipinski definition) is 5. The highest BCUT2D eigenvalue weighted by Gasteiger charge is 2.50. The standard InChI is InChI=1S/C42H28BNO2Si.C25H20Si.C18H10BBrO2/c1-3-15-30(16-4-1)47(31-17-5-2-6-18-31)40-25-13-9-21-34(40)44(35-22-10-14-26-41(35)47)29-27-38-42-39(28-29)46-37-24-12-8-20-33(37)43(42)32-19-7-11-23-36(32)45-38;1-3-13-22(14-4-1)26(23-15-5-2-6-16-23)24-17-9-7-11-20(24)19-21-12-8-10-18-25(21)26;20-11-9-16-18-17(10-11)22-15-8-4-2-6-13(15)19(18)12-5-1-3-7-14(12)21-16/h1-28H;1-18H,19H2;1-10H. The van der Waals surface area contributed by atoms with Gasteiger partial charge in [-0.2, -0.15) is 0 Å². The van der Waals surface area contributed by atoms with Gasteiger partial charge in [0.25, 0.3) is 13.4 Å². The van der Waals surface area contributed by atoms with Crippen molar-refractivity contribution in [2.24, 2.45) is 0 Å². The molecule has 0 unspecified atom stereocenters. The normalized spacial score (nSPS) is 14.1. The number of halogens is 1. The summed E-state index contributed by atoms with van der Waals surface area (Å²) in [5.74, 6) is 7.02. The van der Waals surface area contributed by atoms with Crippen LogP contribution in [-0.4, -0.2) is 29.6 Å². The molecule has 14 aromatic rings. The van der Waals surface area contributed by atoms with E-state index in [2.05, 4.69) is 312 Å². The maximum atomic E-state index is 6.73. The van der Waals surface area contributed by atoms with Crippen molar-refractivity contribution in [3.63, 3.8) is 0 Å². The molecule has 20 rings (SSSR count). The lowest BCUT2D eigenvalue weighted by molar-refractivity contribution is 0.463. The molecule has 0 radical (unpaired) electrons. The summed E-state index contributed by atoms with van der Waals surface area (Å²) >= 11 is 3.55. The Morgan fingerprint density at radius 1 is 0.274 bits per heavy atom. The Balaban J connectivity index is 0.000000115. The molecule has 6 aliphatic heterocycles. The van der Waals surface area contributed by atoms with Gasteiger partial charge in [-0.1, -0.05) is 295 Å². The first kappa shape index (κ1) is 56.8. The quantitative estimate of drug-likeness (QED) is 0.161. The minimum absolute atomic E-state index is 0.0427. The SMILES string of the molecule is Brc1cc2c3c(c1)Oc1ccccc1B3c1ccccc1O2.c1ccc([Si]2(c3ccccc3)c3ccccc3Cc3ccccc32)cc1.c1ccc([Si]2(c3ccccc3)c3ccccc3N(c3cc4c5c(c3)Oc3ccccc3B5c3ccccc3O4)c3ccccc32)cc1. The molecule has 5 nitrogen and oxygen atoms in total. The van der Waals surface area contributed by atoms with Crippen molar-refractivity contribution >= 4 is 137 Å². The minimum atomic E-state index is -2.70. The van der Waals surface area contributed by atoms with E-state index in [0.717, 1.165) is 73.5 Å². The van der Waals surface area contributed by atoms with Crippen molar-refractivity contribution < 1.29 is 18.9 Å². The fraction of sp³-hybridized carbons (Fsp3) is 0.0118. The molecule has 0 saturated carbocycles. The zero-order valence-electron chi connectivity index (χ0n) is 51.7. The molecule has 10 heteroatoms. The third-order valence-corrected chi connectivity index (χ3v) is 30.3. The Morgan fingerprint density at radius 3 is 0.905 bits per heavy atom. The molecular weight excluding hydrogens is 1260 g/mol. The lowest BCUT2D eigenvalue weighted by Gasteiger charge is -2.45. The predicted octanol–water partition coefficient (Wildman–Crippen LogP) is 11.7. The number of benzene rings is 14. The fourth-order valence-corrected chi connectivity index (χ4v) is 26.9. The molecule has 0 N–H and O–H groups in total. The first-order chi connectivity index (χ1) is 47.0. The first-order valence-electron chi connectivity index (χ1n) is 32.5. The molecule has 0 bridgehead atoms. The van der Waals surface area contributed by atoms with Crippen LogP contribution in [0.15, 0.2) is 344 Å². The van der Waals surface area contributed by atoms with Crippen LogP contribution in [0.2, 0.25) is 0 Å². The lowest BCUT2D eigenvalue weighted by Crippen LogP contribution is -2.77. The second kappa shape index (κ2) is 23.3. The zero-order valence-corrected chi connectivity index (χ0v) is 55.2. The largest absolute Gasteiger partial charge is 0.458 e. The minimum Gasteiger partial charge on any atom is -0.458 e. The first-order valence-corrected chi connectivity index (χ1v) is 37.3. The Bertz CT molecular complexity index is 4990. The van der Waals surface area contributed by atoms with Gasteiger partial charge in [-0.3, -0.25) is 0 Å². The van der Waals surface area contributed by atoms with E-state index in [1.165, 1.54) is 85.8 Å². The van der Waals surface area contributed by atoms with Crippen LogP contribution in [0.4, 0.5) is 17.1 Å². The van der Waals surface area contributed by atoms with Crippen LogP contribution in [-0.2, 0) is 6.42 Å². The summed E-state index contributed by atoms with van der Waals surface area (Å²) in [5.41, 5.74) is 13.2. The monoisotopic (exact) mass is 1310 g/mol. The van der Waals surface area contributed by atoms with Crippen molar-refractivity contribution in [3.8, 4) is 46.0 Å². The summed E-state index contributed by atoms with van der Waals surface area (Å²) in [5, 5.41) is 11.5. The molecule has 6 heterocycles. The number of rotatable bonds is 5. The summed E-state index contributed by atoms with van der Waals surface area (Å²) in [6.45, 7) is 0.203. The third-order valence-electron chi connectivity index (χ3n) is 19.9. The van der Waals surface area contributed by atoms with E-state index in [1.54, 1.807) is 0 Å². The Morgan fingerprint density at radius 2 is 0.547 bits per heavy atom. The highest BCUT2D eigenvalue weighted by Crippen LogP contribution is 2.44. The van der Waals surface area contributed by atoms with Crippen molar-refractivity contribution in [2.75, 3.05) is 4.90 Å². The maximum absolute atomic E-state index is 6.73. The number of anilines is 3. The number of nitrogens with zero attached hydrogens (tertiary/aromatic N) is 1. The topological polar surface area (TPSA) is 40.2 Å². The van der Waals surface area contributed by atoms with Crippen molar-refractivity contribution in [1.82, 2.24) is 0 Å². The van der Waals surface area contributed by atoms with E-state index in [1.807, 2.05) is 48.5 Å². The van der Waals surface area contributed by atoms with E-state index in [9.17, 15) is 0 Å². The smallest absolute Gasteiger partial charge is 0.260 e. The van der Waals surface area contributed by atoms with Gasteiger partial charge in [0.2, 0.25) is 0 Å².